The fraction of sp³-hybridized carbons (Fsp3) is 0.294. The molecular weight excluding hydrogens is 318 g/mol. The summed E-state index contributed by atoms with van der Waals surface area (Å²) in [5.41, 5.74) is 0.443. The highest BCUT2D eigenvalue weighted by Gasteiger charge is 2.24. The predicted molar refractivity (Wildman–Crippen MR) is 92.7 cm³/mol. The summed E-state index contributed by atoms with van der Waals surface area (Å²) >= 11 is 0. The summed E-state index contributed by atoms with van der Waals surface area (Å²) in [7, 11) is 1.98. The van der Waals surface area contributed by atoms with Crippen molar-refractivity contribution in [2.75, 3.05) is 31.1 Å². The SMILES string of the molecule is Cn1ccnc1N1CCN(C(=O)c2cccc(-n3cccn3)n2)CC1. The topological polar surface area (TPSA) is 72.1 Å². The minimum absolute atomic E-state index is 0.0477. The molecule has 0 saturated carbocycles. The largest absolute Gasteiger partial charge is 0.339 e. The van der Waals surface area contributed by atoms with Gasteiger partial charge in [0.05, 0.1) is 0 Å². The van der Waals surface area contributed by atoms with Crippen LogP contribution in [-0.2, 0) is 7.05 Å². The van der Waals surface area contributed by atoms with Gasteiger partial charge >= 0.3 is 0 Å². The van der Waals surface area contributed by atoms with E-state index < -0.39 is 0 Å². The second-order valence-corrected chi connectivity index (χ2v) is 5.95. The zero-order valence-corrected chi connectivity index (χ0v) is 14.0. The molecule has 0 N–H and O–H groups in total. The number of aromatic nitrogens is 5. The van der Waals surface area contributed by atoms with Gasteiger partial charge in [0, 0.05) is 58.0 Å². The number of carbonyl (C=O) groups is 1. The van der Waals surface area contributed by atoms with E-state index in [0.717, 1.165) is 19.0 Å². The molecule has 0 aromatic carbocycles. The molecular formula is C17H19N7O. The number of aryl methyl sites for hydroxylation is 1. The second kappa shape index (κ2) is 6.39. The maximum atomic E-state index is 12.8. The standard InChI is InChI=1S/C17H19N7O/c1-21-9-7-18-17(21)23-12-10-22(11-13-23)16(25)14-4-2-5-15(20-14)24-8-3-6-19-24/h2-9H,10-13H2,1H3. The van der Waals surface area contributed by atoms with Crippen LogP contribution in [0, 0.1) is 0 Å². The summed E-state index contributed by atoms with van der Waals surface area (Å²) in [6.07, 6.45) is 7.21. The molecule has 0 bridgehead atoms. The number of pyridine rings is 1. The van der Waals surface area contributed by atoms with E-state index in [2.05, 4.69) is 20.0 Å². The van der Waals surface area contributed by atoms with Crippen molar-refractivity contribution < 1.29 is 4.79 Å². The first-order chi connectivity index (χ1) is 12.2. The summed E-state index contributed by atoms with van der Waals surface area (Å²) in [4.78, 5) is 25.6. The number of piperazine rings is 1. The van der Waals surface area contributed by atoms with Gasteiger partial charge in [0.25, 0.3) is 5.91 Å². The van der Waals surface area contributed by atoms with Gasteiger partial charge in [-0.25, -0.2) is 14.6 Å². The van der Waals surface area contributed by atoms with E-state index in [4.69, 9.17) is 0 Å². The van der Waals surface area contributed by atoms with Crippen LogP contribution in [-0.4, -0.2) is 61.3 Å². The molecule has 1 amide bonds. The lowest BCUT2D eigenvalue weighted by atomic mass is 10.2. The maximum Gasteiger partial charge on any atom is 0.272 e. The molecule has 3 aromatic rings. The number of carbonyl (C=O) groups excluding carboxylic acids is 1. The van der Waals surface area contributed by atoms with Crippen molar-refractivity contribution in [2.24, 2.45) is 7.05 Å². The molecule has 0 atom stereocenters. The van der Waals surface area contributed by atoms with E-state index in [1.54, 1.807) is 23.1 Å². The van der Waals surface area contributed by atoms with Crippen molar-refractivity contribution in [1.29, 1.82) is 0 Å². The Morgan fingerprint density at radius 2 is 1.88 bits per heavy atom. The van der Waals surface area contributed by atoms with Crippen molar-refractivity contribution in [3.8, 4) is 5.82 Å². The van der Waals surface area contributed by atoms with Gasteiger partial charge in [-0.05, 0) is 18.2 Å². The van der Waals surface area contributed by atoms with Crippen molar-refractivity contribution in [3.63, 3.8) is 0 Å². The number of nitrogens with zero attached hydrogens (tertiary/aromatic N) is 7. The average molecular weight is 337 g/mol. The van der Waals surface area contributed by atoms with E-state index in [0.29, 0.717) is 24.6 Å². The normalized spacial score (nSPS) is 14.8. The molecule has 1 fully saturated rings. The molecule has 0 aliphatic carbocycles. The zero-order valence-electron chi connectivity index (χ0n) is 14.0. The van der Waals surface area contributed by atoms with E-state index >= 15 is 0 Å². The highest BCUT2D eigenvalue weighted by atomic mass is 16.2. The fourth-order valence-corrected chi connectivity index (χ4v) is 3.01. The zero-order chi connectivity index (χ0) is 17.2. The molecule has 128 valence electrons. The molecule has 1 aliphatic rings. The summed E-state index contributed by atoms with van der Waals surface area (Å²) < 4.78 is 3.64. The Balaban J connectivity index is 1.46. The number of hydrogen-bond donors (Lipinski definition) is 0. The third kappa shape index (κ3) is 2.98. The summed E-state index contributed by atoms with van der Waals surface area (Å²) in [5.74, 6) is 1.53. The van der Waals surface area contributed by atoms with Crippen molar-refractivity contribution in [3.05, 3.63) is 54.7 Å². The van der Waals surface area contributed by atoms with Gasteiger partial charge in [-0.1, -0.05) is 6.07 Å². The van der Waals surface area contributed by atoms with Gasteiger partial charge in [-0.2, -0.15) is 5.10 Å². The first kappa shape index (κ1) is 15.4. The lowest BCUT2D eigenvalue weighted by Crippen LogP contribution is -2.49. The van der Waals surface area contributed by atoms with E-state index in [-0.39, 0.29) is 5.91 Å². The van der Waals surface area contributed by atoms with Crippen LogP contribution in [0.3, 0.4) is 0 Å². The van der Waals surface area contributed by atoms with Gasteiger partial charge < -0.3 is 14.4 Å². The minimum atomic E-state index is -0.0477. The van der Waals surface area contributed by atoms with Crippen LogP contribution in [0.2, 0.25) is 0 Å². The Bertz CT molecular complexity index is 863. The number of hydrogen-bond acceptors (Lipinski definition) is 5. The number of amides is 1. The van der Waals surface area contributed by atoms with Gasteiger partial charge in [-0.15, -0.1) is 0 Å². The molecule has 0 unspecified atom stereocenters. The molecule has 8 heteroatoms. The molecule has 3 aromatic heterocycles. The minimum Gasteiger partial charge on any atom is -0.339 e. The molecule has 1 aliphatic heterocycles. The Morgan fingerprint density at radius 3 is 2.56 bits per heavy atom. The highest BCUT2D eigenvalue weighted by Crippen LogP contribution is 2.15. The Kier molecular flexibility index (Phi) is 3.93. The maximum absolute atomic E-state index is 12.8. The van der Waals surface area contributed by atoms with Gasteiger partial charge in [0.15, 0.2) is 5.82 Å². The van der Waals surface area contributed by atoms with Crippen LogP contribution >= 0.6 is 0 Å². The van der Waals surface area contributed by atoms with Crippen LogP contribution in [0.5, 0.6) is 0 Å². The second-order valence-electron chi connectivity index (χ2n) is 5.95. The van der Waals surface area contributed by atoms with Gasteiger partial charge in [0.2, 0.25) is 5.95 Å². The quantitative estimate of drug-likeness (QED) is 0.712. The van der Waals surface area contributed by atoms with Crippen molar-refractivity contribution in [2.45, 2.75) is 0 Å². The van der Waals surface area contributed by atoms with Crippen LogP contribution in [0.4, 0.5) is 5.95 Å². The summed E-state index contributed by atoms with van der Waals surface area (Å²) in [6, 6.07) is 7.25. The molecule has 25 heavy (non-hydrogen) atoms. The lowest BCUT2D eigenvalue weighted by Gasteiger charge is -2.35. The monoisotopic (exact) mass is 337 g/mol. The van der Waals surface area contributed by atoms with Gasteiger partial charge in [0.1, 0.15) is 5.69 Å². The fourth-order valence-electron chi connectivity index (χ4n) is 3.01. The molecule has 4 rings (SSSR count). The van der Waals surface area contributed by atoms with E-state index in [1.807, 2.05) is 47.1 Å². The average Bonchev–Trinajstić information content (AvgIpc) is 3.33. The van der Waals surface area contributed by atoms with Crippen LogP contribution in [0.25, 0.3) is 5.82 Å². The third-order valence-corrected chi connectivity index (χ3v) is 4.34. The third-order valence-electron chi connectivity index (χ3n) is 4.34. The van der Waals surface area contributed by atoms with Gasteiger partial charge in [-0.3, -0.25) is 4.79 Å². The molecule has 0 radical (unpaired) electrons. The smallest absolute Gasteiger partial charge is 0.272 e. The van der Waals surface area contributed by atoms with Crippen LogP contribution < -0.4 is 4.90 Å². The van der Waals surface area contributed by atoms with E-state index in [9.17, 15) is 4.79 Å². The highest BCUT2D eigenvalue weighted by molar-refractivity contribution is 5.92. The Morgan fingerprint density at radius 1 is 1.04 bits per heavy atom. The summed E-state index contributed by atoms with van der Waals surface area (Å²) in [6.45, 7) is 2.82. The molecule has 8 nitrogen and oxygen atoms in total. The summed E-state index contributed by atoms with van der Waals surface area (Å²) in [5, 5.41) is 4.16. The molecule has 1 saturated heterocycles. The van der Waals surface area contributed by atoms with Crippen LogP contribution in [0.15, 0.2) is 49.1 Å². The molecule has 0 spiro atoms. The van der Waals surface area contributed by atoms with Crippen molar-refractivity contribution >= 4 is 11.9 Å². The first-order valence-electron chi connectivity index (χ1n) is 8.21. The van der Waals surface area contributed by atoms with Crippen molar-refractivity contribution in [1.82, 2.24) is 29.2 Å². The predicted octanol–water partition coefficient (Wildman–Crippen LogP) is 0.963. The van der Waals surface area contributed by atoms with Crippen LogP contribution in [0.1, 0.15) is 10.5 Å². The Labute approximate surface area is 145 Å². The number of anilines is 1. The van der Waals surface area contributed by atoms with E-state index in [1.165, 1.54) is 0 Å². The first-order valence-corrected chi connectivity index (χ1v) is 8.21. The lowest BCUT2D eigenvalue weighted by molar-refractivity contribution is 0.0740. The number of rotatable bonds is 3. The Hall–Kier alpha value is -3.16. The molecule has 4 heterocycles. The number of imidazole rings is 1.